The molecular weight excluding hydrogens is 320 g/mol. The summed E-state index contributed by atoms with van der Waals surface area (Å²) in [6, 6.07) is 7.46. The van der Waals surface area contributed by atoms with Crippen molar-refractivity contribution in [2.45, 2.75) is 13.5 Å². The molecule has 0 bridgehead atoms. The highest BCUT2D eigenvalue weighted by Gasteiger charge is 2.30. The van der Waals surface area contributed by atoms with Crippen LogP contribution in [0.15, 0.2) is 24.3 Å². The van der Waals surface area contributed by atoms with Crippen LogP contribution in [0.4, 0.5) is 0 Å². The molecule has 0 saturated carbocycles. The highest BCUT2D eigenvalue weighted by molar-refractivity contribution is 5.94. The molecule has 136 valence electrons. The van der Waals surface area contributed by atoms with E-state index in [1.54, 1.807) is 21.9 Å². The van der Waals surface area contributed by atoms with Crippen LogP contribution in [-0.2, 0) is 16.1 Å². The molecule has 0 aromatic heterocycles. The topological polar surface area (TPSA) is 87.0 Å². The van der Waals surface area contributed by atoms with Crippen LogP contribution < -0.4 is 5.73 Å². The maximum absolute atomic E-state index is 12.8. The van der Waals surface area contributed by atoms with E-state index in [0.29, 0.717) is 18.7 Å². The summed E-state index contributed by atoms with van der Waals surface area (Å²) in [7, 11) is 3.97. The highest BCUT2D eigenvalue weighted by atomic mass is 16.2. The second-order valence-corrected chi connectivity index (χ2v) is 6.75. The molecule has 7 heteroatoms. The van der Waals surface area contributed by atoms with E-state index < -0.39 is 11.8 Å². The molecule has 1 aromatic rings. The highest BCUT2D eigenvalue weighted by Crippen LogP contribution is 2.14. The molecule has 2 rings (SSSR count). The maximum Gasteiger partial charge on any atom is 0.253 e. The summed E-state index contributed by atoms with van der Waals surface area (Å²) in [6.45, 7) is 3.55. The Kier molecular flexibility index (Phi) is 6.14. The van der Waals surface area contributed by atoms with Crippen LogP contribution in [0.5, 0.6) is 0 Å². The van der Waals surface area contributed by atoms with Gasteiger partial charge in [0.2, 0.25) is 11.8 Å². The van der Waals surface area contributed by atoms with E-state index in [-0.39, 0.29) is 24.9 Å². The molecule has 0 spiro atoms. The summed E-state index contributed by atoms with van der Waals surface area (Å²) in [5.74, 6) is -1.31. The van der Waals surface area contributed by atoms with Gasteiger partial charge in [-0.15, -0.1) is 0 Å². The zero-order valence-electron chi connectivity index (χ0n) is 15.1. The minimum atomic E-state index is -0.552. The number of carbonyl (C=O) groups is 3. The Morgan fingerprint density at radius 2 is 1.64 bits per heavy atom. The van der Waals surface area contributed by atoms with Gasteiger partial charge in [-0.25, -0.2) is 0 Å². The van der Waals surface area contributed by atoms with E-state index in [9.17, 15) is 14.4 Å². The van der Waals surface area contributed by atoms with Gasteiger partial charge in [-0.3, -0.25) is 14.4 Å². The first-order chi connectivity index (χ1) is 11.8. The van der Waals surface area contributed by atoms with Crippen LogP contribution in [-0.4, -0.2) is 72.7 Å². The molecule has 0 aliphatic carbocycles. The molecule has 25 heavy (non-hydrogen) atoms. The van der Waals surface area contributed by atoms with Gasteiger partial charge in [-0.05, 0) is 31.8 Å². The van der Waals surface area contributed by atoms with Crippen molar-refractivity contribution in [2.24, 2.45) is 11.7 Å². The lowest BCUT2D eigenvalue weighted by Gasteiger charge is -2.22. The molecule has 0 radical (unpaired) electrons. The van der Waals surface area contributed by atoms with Crippen LogP contribution in [0, 0.1) is 5.92 Å². The largest absolute Gasteiger partial charge is 0.369 e. The van der Waals surface area contributed by atoms with Crippen LogP contribution in [0.25, 0.3) is 0 Å². The Morgan fingerprint density at radius 3 is 2.16 bits per heavy atom. The average molecular weight is 346 g/mol. The van der Waals surface area contributed by atoms with Crippen molar-refractivity contribution in [1.82, 2.24) is 14.7 Å². The number of amides is 3. The Hall–Kier alpha value is -2.41. The third-order valence-electron chi connectivity index (χ3n) is 4.36. The zero-order chi connectivity index (χ0) is 18.6. The number of rotatable bonds is 4. The van der Waals surface area contributed by atoms with Gasteiger partial charge in [-0.2, -0.15) is 0 Å². The summed E-state index contributed by atoms with van der Waals surface area (Å²) in [6.07, 6.45) is 0. The molecule has 1 saturated heterocycles. The number of nitrogens with zero attached hydrogens (tertiary/aromatic N) is 3. The summed E-state index contributed by atoms with van der Waals surface area (Å²) >= 11 is 0. The third kappa shape index (κ3) is 5.03. The van der Waals surface area contributed by atoms with E-state index in [4.69, 9.17) is 5.73 Å². The molecule has 1 aliphatic rings. The van der Waals surface area contributed by atoms with Crippen molar-refractivity contribution in [1.29, 1.82) is 0 Å². The maximum atomic E-state index is 12.8. The molecule has 1 aromatic carbocycles. The summed E-state index contributed by atoms with van der Waals surface area (Å²) < 4.78 is 0. The van der Waals surface area contributed by atoms with Crippen LogP contribution >= 0.6 is 0 Å². The van der Waals surface area contributed by atoms with Crippen molar-refractivity contribution < 1.29 is 14.4 Å². The van der Waals surface area contributed by atoms with E-state index in [0.717, 1.165) is 12.1 Å². The molecule has 2 N–H and O–H groups in total. The Bertz CT molecular complexity index is 642. The fourth-order valence-corrected chi connectivity index (χ4v) is 2.96. The zero-order valence-corrected chi connectivity index (χ0v) is 15.1. The van der Waals surface area contributed by atoms with E-state index in [1.807, 2.05) is 26.2 Å². The molecule has 1 atom stereocenters. The lowest BCUT2D eigenvalue weighted by molar-refractivity contribution is -0.130. The lowest BCUT2D eigenvalue weighted by Crippen LogP contribution is -2.40. The van der Waals surface area contributed by atoms with Gasteiger partial charge in [0.05, 0.1) is 5.92 Å². The van der Waals surface area contributed by atoms with Gasteiger partial charge in [0.25, 0.3) is 5.91 Å². The van der Waals surface area contributed by atoms with Crippen molar-refractivity contribution in [2.75, 3.05) is 40.3 Å². The Labute approximate surface area is 148 Å². The molecular formula is C18H26N4O3. The predicted octanol–water partition coefficient (Wildman–Crippen LogP) is 0.154. The van der Waals surface area contributed by atoms with Crippen LogP contribution in [0.3, 0.4) is 0 Å². The number of benzene rings is 1. The first kappa shape index (κ1) is 18.9. The van der Waals surface area contributed by atoms with E-state index in [2.05, 4.69) is 4.90 Å². The molecule has 3 amide bonds. The number of hydrogen-bond acceptors (Lipinski definition) is 4. The third-order valence-corrected chi connectivity index (χ3v) is 4.36. The number of carbonyl (C=O) groups excluding carboxylic acids is 3. The minimum Gasteiger partial charge on any atom is -0.369 e. The van der Waals surface area contributed by atoms with E-state index >= 15 is 0 Å². The number of hydrogen-bond donors (Lipinski definition) is 1. The van der Waals surface area contributed by atoms with Gasteiger partial charge < -0.3 is 20.4 Å². The van der Waals surface area contributed by atoms with Gasteiger partial charge >= 0.3 is 0 Å². The van der Waals surface area contributed by atoms with Crippen molar-refractivity contribution in [3.8, 4) is 0 Å². The standard InChI is InChI=1S/C18H26N4O3/c1-13(23)21-8-9-22(12-16(11-21)17(19)24)18(25)15-6-4-14(5-7-15)10-20(2)3/h4-7,16H,8-12H2,1-3H3,(H2,19,24)/t16-/m0/s1. The SMILES string of the molecule is CC(=O)N1CCN(C(=O)c2ccc(CN(C)C)cc2)C[C@@H](C(N)=O)C1. The Morgan fingerprint density at radius 1 is 1.08 bits per heavy atom. The molecule has 1 aliphatic heterocycles. The second-order valence-electron chi connectivity index (χ2n) is 6.75. The average Bonchev–Trinajstić information content (AvgIpc) is 2.77. The number of primary amides is 1. The first-order valence-corrected chi connectivity index (χ1v) is 8.35. The Balaban J connectivity index is 2.14. The van der Waals surface area contributed by atoms with Gasteiger partial charge in [0.15, 0.2) is 0 Å². The normalized spacial score (nSPS) is 18.2. The lowest BCUT2D eigenvalue weighted by atomic mass is 10.1. The molecule has 7 nitrogen and oxygen atoms in total. The van der Waals surface area contributed by atoms with Crippen molar-refractivity contribution in [3.05, 3.63) is 35.4 Å². The minimum absolute atomic E-state index is 0.117. The van der Waals surface area contributed by atoms with Gasteiger partial charge in [0, 0.05) is 45.2 Å². The fourth-order valence-electron chi connectivity index (χ4n) is 2.96. The smallest absolute Gasteiger partial charge is 0.253 e. The monoisotopic (exact) mass is 346 g/mol. The van der Waals surface area contributed by atoms with Crippen LogP contribution in [0.2, 0.25) is 0 Å². The van der Waals surface area contributed by atoms with Gasteiger partial charge in [-0.1, -0.05) is 12.1 Å². The second kappa shape index (κ2) is 8.11. The predicted molar refractivity (Wildman–Crippen MR) is 94.7 cm³/mol. The fraction of sp³-hybridized carbons (Fsp3) is 0.500. The van der Waals surface area contributed by atoms with Gasteiger partial charge in [0.1, 0.15) is 0 Å². The summed E-state index contributed by atoms with van der Waals surface area (Å²) in [5, 5.41) is 0. The molecule has 1 heterocycles. The van der Waals surface area contributed by atoms with Crippen molar-refractivity contribution >= 4 is 17.7 Å². The first-order valence-electron chi connectivity index (χ1n) is 8.35. The number of nitrogens with two attached hydrogens (primary N) is 1. The molecule has 1 fully saturated rings. The summed E-state index contributed by atoms with van der Waals surface area (Å²) in [4.78, 5) is 41.4. The van der Waals surface area contributed by atoms with Crippen LogP contribution in [0.1, 0.15) is 22.8 Å². The summed E-state index contributed by atoms with van der Waals surface area (Å²) in [5.41, 5.74) is 7.14. The van der Waals surface area contributed by atoms with E-state index in [1.165, 1.54) is 6.92 Å². The molecule has 0 unspecified atom stereocenters. The quantitative estimate of drug-likeness (QED) is 0.841. The van der Waals surface area contributed by atoms with Crippen molar-refractivity contribution in [3.63, 3.8) is 0 Å².